The Kier molecular flexibility index (Phi) is 5.87. The van der Waals surface area contributed by atoms with E-state index < -0.39 is 11.8 Å². The molecule has 1 aromatic carbocycles. The van der Waals surface area contributed by atoms with Crippen LogP contribution in [0, 0.1) is 5.82 Å². The second-order valence-electron chi connectivity index (χ2n) is 7.42. The van der Waals surface area contributed by atoms with Gasteiger partial charge in [-0.25, -0.2) is 13.9 Å². The summed E-state index contributed by atoms with van der Waals surface area (Å²) in [4.78, 5) is 14.7. The number of urea groups is 1. The minimum Gasteiger partial charge on any atom is -0.377 e. The molecule has 1 aromatic heterocycles. The van der Waals surface area contributed by atoms with Crippen LogP contribution in [-0.4, -0.2) is 53.1 Å². The second-order valence-corrected chi connectivity index (χ2v) is 7.42. The molecule has 2 aliphatic rings. The van der Waals surface area contributed by atoms with Gasteiger partial charge >= 0.3 is 6.03 Å². The molecule has 2 amide bonds. The van der Waals surface area contributed by atoms with Gasteiger partial charge in [-0.1, -0.05) is 6.07 Å². The second kappa shape index (κ2) is 8.70. The molecular weight excluding hydrogens is 361 g/mol. The molecule has 2 aromatic rings. The smallest absolute Gasteiger partial charge is 0.324 e. The summed E-state index contributed by atoms with van der Waals surface area (Å²) in [5.41, 5.74) is 0.408. The zero-order valence-corrected chi connectivity index (χ0v) is 15.8. The number of carbonyl (C=O) groups excluding carboxylic acids is 1. The van der Waals surface area contributed by atoms with E-state index in [1.165, 1.54) is 18.6 Å². The Bertz CT molecular complexity index is 797. The van der Waals surface area contributed by atoms with Gasteiger partial charge in [0.1, 0.15) is 11.6 Å². The predicted octanol–water partition coefficient (Wildman–Crippen LogP) is 3.48. The minimum atomic E-state index is -0.414. The van der Waals surface area contributed by atoms with Gasteiger partial charge in [-0.15, -0.1) is 0 Å². The summed E-state index contributed by atoms with van der Waals surface area (Å²) >= 11 is 0. The van der Waals surface area contributed by atoms with Crippen molar-refractivity contribution in [3.8, 4) is 0 Å². The number of nitrogens with one attached hydrogen (secondary N) is 2. The Labute approximate surface area is 163 Å². The first kappa shape index (κ1) is 18.9. The maximum atomic E-state index is 13.3. The minimum absolute atomic E-state index is 0.250. The molecule has 0 saturated carbocycles. The lowest BCUT2D eigenvalue weighted by molar-refractivity contribution is 0.0600. The number of benzene rings is 1. The molecule has 0 bridgehead atoms. The van der Waals surface area contributed by atoms with Gasteiger partial charge in [-0.2, -0.15) is 5.10 Å². The molecular formula is C20H26FN5O2. The fraction of sp³-hybridized carbons (Fsp3) is 0.500. The number of carbonyl (C=O) groups is 1. The lowest BCUT2D eigenvalue weighted by Gasteiger charge is -2.33. The van der Waals surface area contributed by atoms with Crippen molar-refractivity contribution in [3.63, 3.8) is 0 Å². The highest BCUT2D eigenvalue weighted by Gasteiger charge is 2.26. The summed E-state index contributed by atoms with van der Waals surface area (Å²) in [6.45, 7) is 3.90. The van der Waals surface area contributed by atoms with Gasteiger partial charge < -0.3 is 15.0 Å². The van der Waals surface area contributed by atoms with E-state index in [0.29, 0.717) is 17.6 Å². The van der Waals surface area contributed by atoms with E-state index in [4.69, 9.17) is 4.74 Å². The number of piperidine rings is 1. The number of amides is 2. The highest BCUT2D eigenvalue weighted by atomic mass is 19.1. The number of halogens is 1. The van der Waals surface area contributed by atoms with E-state index in [-0.39, 0.29) is 6.04 Å². The SMILES string of the molecule is O=C(Nc1cccc(F)c1)Nc1ccnn1C1CCN(CC2CCCO2)CC1. The average molecular weight is 387 g/mol. The first-order valence-corrected chi connectivity index (χ1v) is 9.88. The summed E-state index contributed by atoms with van der Waals surface area (Å²) in [5, 5.41) is 9.88. The van der Waals surface area contributed by atoms with Gasteiger partial charge in [0, 0.05) is 38.0 Å². The van der Waals surface area contributed by atoms with Gasteiger partial charge in [0.25, 0.3) is 0 Å². The Morgan fingerprint density at radius 3 is 2.82 bits per heavy atom. The first-order chi connectivity index (χ1) is 13.7. The van der Waals surface area contributed by atoms with Crippen LogP contribution in [0.25, 0.3) is 0 Å². The molecule has 2 saturated heterocycles. The number of rotatable bonds is 5. The summed E-state index contributed by atoms with van der Waals surface area (Å²) in [7, 11) is 0. The van der Waals surface area contributed by atoms with E-state index in [1.54, 1.807) is 24.4 Å². The van der Waals surface area contributed by atoms with Crippen LogP contribution in [0.2, 0.25) is 0 Å². The number of nitrogens with zero attached hydrogens (tertiary/aromatic N) is 3. The highest BCUT2D eigenvalue weighted by molar-refractivity contribution is 5.99. The number of likely N-dealkylation sites (tertiary alicyclic amines) is 1. The van der Waals surface area contributed by atoms with Crippen LogP contribution in [0.5, 0.6) is 0 Å². The van der Waals surface area contributed by atoms with Crippen molar-refractivity contribution in [1.82, 2.24) is 14.7 Å². The molecule has 2 N–H and O–H groups in total. The van der Waals surface area contributed by atoms with Crippen molar-refractivity contribution in [2.24, 2.45) is 0 Å². The lowest BCUT2D eigenvalue weighted by atomic mass is 10.0. The Hall–Kier alpha value is -2.45. The van der Waals surface area contributed by atoms with Crippen LogP contribution in [0.15, 0.2) is 36.5 Å². The molecule has 0 radical (unpaired) electrons. The molecule has 0 aliphatic carbocycles. The summed E-state index contributed by atoms with van der Waals surface area (Å²) in [5.74, 6) is 0.254. The van der Waals surface area contributed by atoms with Crippen LogP contribution in [0.1, 0.15) is 31.7 Å². The molecule has 1 atom stereocenters. The Balaban J connectivity index is 1.31. The summed E-state index contributed by atoms with van der Waals surface area (Å²) in [6, 6.07) is 7.43. The summed E-state index contributed by atoms with van der Waals surface area (Å²) < 4.78 is 20.9. The molecule has 8 heteroatoms. The Morgan fingerprint density at radius 1 is 1.21 bits per heavy atom. The molecule has 150 valence electrons. The third-order valence-electron chi connectivity index (χ3n) is 5.38. The van der Waals surface area contributed by atoms with Gasteiger partial charge in [-0.05, 0) is 43.9 Å². The number of anilines is 2. The molecule has 1 unspecified atom stereocenters. The maximum Gasteiger partial charge on any atom is 0.324 e. The van der Waals surface area contributed by atoms with Gasteiger partial charge in [0.2, 0.25) is 0 Å². The summed E-state index contributed by atoms with van der Waals surface area (Å²) in [6.07, 6.45) is 6.36. The van der Waals surface area contributed by atoms with Crippen molar-refractivity contribution in [3.05, 3.63) is 42.3 Å². The van der Waals surface area contributed by atoms with E-state index in [0.717, 1.165) is 45.5 Å². The van der Waals surface area contributed by atoms with Crippen LogP contribution < -0.4 is 10.6 Å². The van der Waals surface area contributed by atoms with Crippen molar-refractivity contribution in [1.29, 1.82) is 0 Å². The van der Waals surface area contributed by atoms with E-state index in [2.05, 4.69) is 20.6 Å². The molecule has 2 aliphatic heterocycles. The average Bonchev–Trinajstić information content (AvgIpc) is 3.34. The van der Waals surface area contributed by atoms with Crippen molar-refractivity contribution in [2.45, 2.75) is 37.8 Å². The van der Waals surface area contributed by atoms with E-state index >= 15 is 0 Å². The first-order valence-electron chi connectivity index (χ1n) is 9.88. The fourth-order valence-corrected chi connectivity index (χ4v) is 3.97. The molecule has 28 heavy (non-hydrogen) atoms. The zero-order valence-electron chi connectivity index (χ0n) is 15.8. The predicted molar refractivity (Wildman–Crippen MR) is 105 cm³/mol. The molecule has 3 heterocycles. The largest absolute Gasteiger partial charge is 0.377 e. The lowest BCUT2D eigenvalue weighted by Crippen LogP contribution is -2.39. The normalized spacial score (nSPS) is 21.0. The van der Waals surface area contributed by atoms with Crippen LogP contribution in [-0.2, 0) is 4.74 Å². The Morgan fingerprint density at radius 2 is 2.07 bits per heavy atom. The molecule has 2 fully saturated rings. The number of hydrogen-bond donors (Lipinski definition) is 2. The topological polar surface area (TPSA) is 71.4 Å². The third kappa shape index (κ3) is 4.69. The molecule has 7 nitrogen and oxygen atoms in total. The molecule has 0 spiro atoms. The maximum absolute atomic E-state index is 13.3. The van der Waals surface area contributed by atoms with Crippen molar-refractivity contribution >= 4 is 17.5 Å². The van der Waals surface area contributed by atoms with Gasteiger partial charge in [0.15, 0.2) is 0 Å². The fourth-order valence-electron chi connectivity index (χ4n) is 3.97. The number of hydrogen-bond acceptors (Lipinski definition) is 4. The van der Waals surface area contributed by atoms with E-state index in [9.17, 15) is 9.18 Å². The molecule has 4 rings (SSSR count). The standard InChI is InChI=1S/C20H26FN5O2/c21-15-3-1-4-16(13-15)23-20(27)24-19-6-9-22-26(19)17-7-10-25(11-8-17)14-18-5-2-12-28-18/h1,3-4,6,9,13,17-18H,2,5,7-8,10-12,14H2,(H2,23,24,27). The zero-order chi connectivity index (χ0) is 19.3. The quantitative estimate of drug-likeness (QED) is 0.824. The highest BCUT2D eigenvalue weighted by Crippen LogP contribution is 2.26. The monoisotopic (exact) mass is 387 g/mol. The van der Waals surface area contributed by atoms with Crippen LogP contribution in [0.3, 0.4) is 0 Å². The van der Waals surface area contributed by atoms with Gasteiger partial charge in [0.05, 0.1) is 18.3 Å². The van der Waals surface area contributed by atoms with Crippen molar-refractivity contribution < 1.29 is 13.9 Å². The van der Waals surface area contributed by atoms with E-state index in [1.807, 2.05) is 4.68 Å². The van der Waals surface area contributed by atoms with Crippen LogP contribution in [0.4, 0.5) is 20.7 Å². The number of ether oxygens (including phenoxy) is 1. The van der Waals surface area contributed by atoms with Gasteiger partial charge in [-0.3, -0.25) is 5.32 Å². The van der Waals surface area contributed by atoms with Crippen molar-refractivity contribution in [2.75, 3.05) is 36.9 Å². The third-order valence-corrected chi connectivity index (χ3v) is 5.38. The van der Waals surface area contributed by atoms with Crippen LogP contribution >= 0.6 is 0 Å². The number of aromatic nitrogens is 2.